The van der Waals surface area contributed by atoms with Gasteiger partial charge >= 0.3 is 5.97 Å². The molecule has 11 heteroatoms. The van der Waals surface area contributed by atoms with Gasteiger partial charge in [-0.3, -0.25) is 0 Å². The van der Waals surface area contributed by atoms with E-state index in [1.807, 2.05) is 61.5 Å². The lowest BCUT2D eigenvalue weighted by Crippen LogP contribution is -2.31. The predicted molar refractivity (Wildman–Crippen MR) is 130 cm³/mol. The van der Waals surface area contributed by atoms with Gasteiger partial charge in [-0.15, -0.1) is 10.2 Å². The number of esters is 1. The molecule has 3 heterocycles. The Balaban J connectivity index is 1.49. The number of fused-ring (bicyclic) bond motifs is 1. The summed E-state index contributed by atoms with van der Waals surface area (Å²) in [5.41, 5.74) is 4.21. The summed E-state index contributed by atoms with van der Waals surface area (Å²) >= 11 is 3.01. The Hall–Kier alpha value is -3.57. The maximum atomic E-state index is 13.2. The summed E-state index contributed by atoms with van der Waals surface area (Å²) < 4.78 is 7.85. The van der Waals surface area contributed by atoms with Crippen LogP contribution in [-0.2, 0) is 9.53 Å². The normalized spacial score (nSPS) is 15.1. The molecule has 172 valence electrons. The Morgan fingerprint density at radius 2 is 1.91 bits per heavy atom. The van der Waals surface area contributed by atoms with Crippen LogP contribution < -0.4 is 5.32 Å². The minimum atomic E-state index is -0.504. The SMILES string of the molecule is CCOC(=O)C1=C(CSc2nnc(-c3ccccc3)s2)Nc2nnnn2[C@@H]1c1ccc(C)cc1. The van der Waals surface area contributed by atoms with Crippen LogP contribution in [0.2, 0.25) is 0 Å². The molecule has 0 aliphatic carbocycles. The van der Waals surface area contributed by atoms with Gasteiger partial charge in [-0.05, 0) is 29.8 Å². The highest BCUT2D eigenvalue weighted by molar-refractivity contribution is 8.01. The second-order valence-electron chi connectivity index (χ2n) is 7.53. The Morgan fingerprint density at radius 3 is 2.68 bits per heavy atom. The van der Waals surface area contributed by atoms with Crippen molar-refractivity contribution in [3.63, 3.8) is 0 Å². The molecule has 0 saturated carbocycles. The Morgan fingerprint density at radius 1 is 1.12 bits per heavy atom. The molecule has 0 amide bonds. The van der Waals surface area contributed by atoms with Crippen molar-refractivity contribution in [3.8, 4) is 10.6 Å². The maximum absolute atomic E-state index is 13.2. The fourth-order valence-electron chi connectivity index (χ4n) is 3.65. The predicted octanol–water partition coefficient (Wildman–Crippen LogP) is 4.12. The number of nitrogens with one attached hydrogen (secondary N) is 1. The van der Waals surface area contributed by atoms with Crippen LogP contribution in [0.15, 0.2) is 70.2 Å². The lowest BCUT2D eigenvalue weighted by atomic mass is 9.95. The number of hydrogen-bond donors (Lipinski definition) is 1. The zero-order valence-corrected chi connectivity index (χ0v) is 20.1. The quantitative estimate of drug-likeness (QED) is 0.302. The average Bonchev–Trinajstić information content (AvgIpc) is 3.53. The molecule has 0 saturated heterocycles. The molecule has 4 aromatic rings. The Bertz CT molecular complexity index is 1330. The van der Waals surface area contributed by atoms with Gasteiger partial charge in [-0.1, -0.05) is 88.4 Å². The van der Waals surface area contributed by atoms with Crippen molar-refractivity contribution in [2.75, 3.05) is 17.7 Å². The summed E-state index contributed by atoms with van der Waals surface area (Å²) in [6, 6.07) is 17.4. The second-order valence-corrected chi connectivity index (χ2v) is 9.73. The van der Waals surface area contributed by atoms with Gasteiger partial charge in [0.25, 0.3) is 0 Å². The van der Waals surface area contributed by atoms with Crippen molar-refractivity contribution in [1.82, 2.24) is 30.4 Å². The first-order valence-corrected chi connectivity index (χ1v) is 12.5. The number of aromatic nitrogens is 6. The highest BCUT2D eigenvalue weighted by atomic mass is 32.2. The molecule has 9 nitrogen and oxygen atoms in total. The first kappa shape index (κ1) is 22.2. The van der Waals surface area contributed by atoms with Crippen molar-refractivity contribution in [2.45, 2.75) is 24.2 Å². The van der Waals surface area contributed by atoms with Crippen LogP contribution in [0, 0.1) is 6.92 Å². The van der Waals surface area contributed by atoms with Crippen molar-refractivity contribution in [1.29, 1.82) is 0 Å². The number of rotatable bonds is 7. The van der Waals surface area contributed by atoms with E-state index < -0.39 is 12.0 Å². The molecule has 0 fully saturated rings. The van der Waals surface area contributed by atoms with E-state index in [4.69, 9.17) is 4.74 Å². The second kappa shape index (κ2) is 9.74. The summed E-state index contributed by atoms with van der Waals surface area (Å²) in [4.78, 5) is 13.2. The van der Waals surface area contributed by atoms with Crippen LogP contribution in [-0.4, -0.2) is 48.7 Å². The van der Waals surface area contributed by atoms with E-state index in [0.717, 1.165) is 26.0 Å². The van der Waals surface area contributed by atoms with E-state index in [1.54, 1.807) is 11.6 Å². The molecule has 2 aromatic carbocycles. The van der Waals surface area contributed by atoms with E-state index in [-0.39, 0.29) is 6.61 Å². The molecule has 0 bridgehead atoms. The zero-order chi connectivity index (χ0) is 23.5. The number of tetrazole rings is 1. The standard InChI is InChI=1S/C23H21N7O2S2/c1-3-32-21(31)18-17(13-33-23-27-25-20(34-23)16-7-5-4-6-8-16)24-22-26-28-29-30(22)19(18)15-11-9-14(2)10-12-15/h4-12,19H,3,13H2,1-2H3,(H,24,26,29)/t19-/m1/s1. The largest absolute Gasteiger partial charge is 0.463 e. The van der Waals surface area contributed by atoms with Crippen LogP contribution in [0.1, 0.15) is 24.1 Å². The summed E-state index contributed by atoms with van der Waals surface area (Å²) in [5, 5.41) is 24.8. The minimum absolute atomic E-state index is 0.267. The number of aryl methyl sites for hydroxylation is 1. The molecule has 1 atom stereocenters. The van der Waals surface area contributed by atoms with E-state index in [0.29, 0.717) is 23.0 Å². The molecular weight excluding hydrogens is 470 g/mol. The Labute approximate surface area is 204 Å². The average molecular weight is 492 g/mol. The highest BCUT2D eigenvalue weighted by Crippen LogP contribution is 2.38. The van der Waals surface area contributed by atoms with Gasteiger partial charge in [0.1, 0.15) is 11.0 Å². The molecule has 1 N–H and O–H groups in total. The van der Waals surface area contributed by atoms with Gasteiger partial charge in [0.2, 0.25) is 5.95 Å². The van der Waals surface area contributed by atoms with Crippen molar-refractivity contribution >= 4 is 35.0 Å². The lowest BCUT2D eigenvalue weighted by Gasteiger charge is -2.28. The molecule has 5 rings (SSSR count). The molecule has 0 spiro atoms. The third-order valence-corrected chi connectivity index (χ3v) is 7.39. The molecule has 34 heavy (non-hydrogen) atoms. The summed E-state index contributed by atoms with van der Waals surface area (Å²) in [7, 11) is 0. The van der Waals surface area contributed by atoms with Crippen LogP contribution in [0.25, 0.3) is 10.6 Å². The van der Waals surface area contributed by atoms with E-state index >= 15 is 0 Å². The molecule has 0 radical (unpaired) electrons. The lowest BCUT2D eigenvalue weighted by molar-refractivity contribution is -0.139. The van der Waals surface area contributed by atoms with Crippen molar-refractivity contribution in [2.24, 2.45) is 0 Å². The number of hydrogen-bond acceptors (Lipinski definition) is 10. The third-order valence-electron chi connectivity index (χ3n) is 5.25. The molecule has 2 aromatic heterocycles. The van der Waals surface area contributed by atoms with Gasteiger partial charge in [0.15, 0.2) is 4.34 Å². The van der Waals surface area contributed by atoms with Crippen LogP contribution in [0.4, 0.5) is 5.95 Å². The van der Waals surface area contributed by atoms with Gasteiger partial charge < -0.3 is 10.1 Å². The maximum Gasteiger partial charge on any atom is 0.338 e. The number of carbonyl (C=O) groups is 1. The van der Waals surface area contributed by atoms with Gasteiger partial charge in [0, 0.05) is 17.0 Å². The summed E-state index contributed by atoms with van der Waals surface area (Å²) in [6.07, 6.45) is 0. The first-order valence-electron chi connectivity index (χ1n) is 10.7. The summed E-state index contributed by atoms with van der Waals surface area (Å²) in [6.45, 7) is 4.08. The molecule has 1 aliphatic heterocycles. The number of thioether (sulfide) groups is 1. The van der Waals surface area contributed by atoms with Crippen LogP contribution >= 0.6 is 23.1 Å². The topological polar surface area (TPSA) is 108 Å². The van der Waals surface area contributed by atoms with Crippen molar-refractivity contribution < 1.29 is 9.53 Å². The monoisotopic (exact) mass is 491 g/mol. The molecule has 0 unspecified atom stereocenters. The van der Waals surface area contributed by atoms with E-state index in [2.05, 4.69) is 31.0 Å². The number of benzene rings is 2. The number of carbonyl (C=O) groups excluding carboxylic acids is 1. The fourth-order valence-corrected chi connectivity index (χ4v) is 5.48. The highest BCUT2D eigenvalue weighted by Gasteiger charge is 2.36. The van der Waals surface area contributed by atoms with Gasteiger partial charge in [-0.25, -0.2) is 4.79 Å². The van der Waals surface area contributed by atoms with Crippen LogP contribution in [0.5, 0.6) is 0 Å². The first-order chi connectivity index (χ1) is 16.6. The van der Waals surface area contributed by atoms with E-state index in [9.17, 15) is 4.79 Å². The summed E-state index contributed by atoms with van der Waals surface area (Å²) in [5.74, 6) is 0.517. The smallest absolute Gasteiger partial charge is 0.338 e. The van der Waals surface area contributed by atoms with Gasteiger partial charge in [0.05, 0.1) is 12.2 Å². The van der Waals surface area contributed by atoms with Crippen LogP contribution in [0.3, 0.4) is 0 Å². The minimum Gasteiger partial charge on any atom is -0.463 e. The fraction of sp³-hybridized carbons (Fsp3) is 0.217. The number of nitrogens with zero attached hydrogens (tertiary/aromatic N) is 6. The zero-order valence-electron chi connectivity index (χ0n) is 18.5. The number of ether oxygens (including phenoxy) is 1. The molecule has 1 aliphatic rings. The number of anilines is 1. The van der Waals surface area contributed by atoms with Gasteiger partial charge in [-0.2, -0.15) is 4.68 Å². The third kappa shape index (κ3) is 4.44. The Kier molecular flexibility index (Phi) is 6.37. The van der Waals surface area contributed by atoms with E-state index in [1.165, 1.54) is 23.1 Å². The molecular formula is C23H21N7O2S2. The van der Waals surface area contributed by atoms with Crippen molar-refractivity contribution in [3.05, 3.63) is 77.0 Å².